The first-order valence-electron chi connectivity index (χ1n) is 7.57. The van der Waals surface area contributed by atoms with Gasteiger partial charge in [0.05, 0.1) is 18.7 Å². The van der Waals surface area contributed by atoms with E-state index in [0.717, 1.165) is 19.4 Å². The van der Waals surface area contributed by atoms with Crippen LogP contribution in [0, 0.1) is 0 Å². The van der Waals surface area contributed by atoms with Crippen molar-refractivity contribution in [3.8, 4) is 5.75 Å². The fourth-order valence-electron chi connectivity index (χ4n) is 2.99. The molecule has 1 amide bonds. The Morgan fingerprint density at radius 3 is 3.04 bits per heavy atom. The average molecular weight is 351 g/mol. The molecule has 2 heterocycles. The summed E-state index contributed by atoms with van der Waals surface area (Å²) in [6, 6.07) is 7.75. The van der Waals surface area contributed by atoms with Gasteiger partial charge in [-0.1, -0.05) is 11.6 Å². The summed E-state index contributed by atoms with van der Waals surface area (Å²) in [5, 5.41) is 7.66. The molecule has 0 bridgehead atoms. The number of halogens is 1. The topological polar surface area (TPSA) is 41.6 Å². The molecule has 1 N–H and O–H groups in total. The SMILES string of the molecule is COc1ccc(NC(=O)CN2CCCC2c2ccsc2)cc1Cl. The van der Waals surface area contributed by atoms with Crippen LogP contribution < -0.4 is 10.1 Å². The van der Waals surface area contributed by atoms with E-state index in [4.69, 9.17) is 16.3 Å². The highest BCUT2D eigenvalue weighted by molar-refractivity contribution is 7.07. The molecule has 2 aromatic rings. The zero-order valence-corrected chi connectivity index (χ0v) is 14.5. The van der Waals surface area contributed by atoms with Crippen molar-refractivity contribution in [2.45, 2.75) is 18.9 Å². The molecule has 1 aliphatic rings. The Bertz CT molecular complexity index is 675. The van der Waals surface area contributed by atoms with Crippen LogP contribution in [0.4, 0.5) is 5.69 Å². The largest absolute Gasteiger partial charge is 0.495 e. The van der Waals surface area contributed by atoms with Gasteiger partial charge >= 0.3 is 0 Å². The standard InChI is InChI=1S/C17H19ClN2O2S/c1-22-16-5-4-13(9-14(16)18)19-17(21)10-20-7-2-3-15(20)12-6-8-23-11-12/h4-6,8-9,11,15H,2-3,7,10H2,1H3,(H,19,21). The van der Waals surface area contributed by atoms with Gasteiger partial charge in [-0.3, -0.25) is 9.69 Å². The van der Waals surface area contributed by atoms with Crippen LogP contribution in [0.5, 0.6) is 5.75 Å². The normalized spacial score (nSPS) is 18.1. The molecular weight excluding hydrogens is 332 g/mol. The van der Waals surface area contributed by atoms with E-state index in [9.17, 15) is 4.79 Å². The highest BCUT2D eigenvalue weighted by Gasteiger charge is 2.27. The molecule has 1 atom stereocenters. The number of rotatable bonds is 5. The minimum atomic E-state index is -0.0200. The smallest absolute Gasteiger partial charge is 0.238 e. The third kappa shape index (κ3) is 3.86. The fourth-order valence-corrected chi connectivity index (χ4v) is 3.95. The highest BCUT2D eigenvalue weighted by Crippen LogP contribution is 2.33. The van der Waals surface area contributed by atoms with Gasteiger partial charge in [-0.15, -0.1) is 0 Å². The van der Waals surface area contributed by atoms with E-state index in [0.29, 0.717) is 29.0 Å². The van der Waals surface area contributed by atoms with Gasteiger partial charge in [0.25, 0.3) is 0 Å². The molecule has 1 aromatic carbocycles. The number of carbonyl (C=O) groups excluding carboxylic acids is 1. The van der Waals surface area contributed by atoms with Gasteiger partial charge < -0.3 is 10.1 Å². The lowest BCUT2D eigenvalue weighted by Gasteiger charge is -2.23. The van der Waals surface area contributed by atoms with Crippen molar-refractivity contribution < 1.29 is 9.53 Å². The number of anilines is 1. The molecule has 1 fully saturated rings. The van der Waals surface area contributed by atoms with Crippen molar-refractivity contribution in [1.29, 1.82) is 0 Å². The maximum Gasteiger partial charge on any atom is 0.238 e. The Morgan fingerprint density at radius 1 is 1.48 bits per heavy atom. The van der Waals surface area contributed by atoms with E-state index in [1.54, 1.807) is 36.6 Å². The molecule has 122 valence electrons. The third-order valence-electron chi connectivity index (χ3n) is 4.07. The number of carbonyl (C=O) groups is 1. The van der Waals surface area contributed by atoms with Gasteiger partial charge in [0.15, 0.2) is 0 Å². The molecule has 0 spiro atoms. The molecule has 1 saturated heterocycles. The highest BCUT2D eigenvalue weighted by atomic mass is 35.5. The van der Waals surface area contributed by atoms with E-state index in [2.05, 4.69) is 27.0 Å². The first-order valence-corrected chi connectivity index (χ1v) is 8.89. The lowest BCUT2D eigenvalue weighted by Crippen LogP contribution is -2.32. The number of hydrogen-bond acceptors (Lipinski definition) is 4. The molecular formula is C17H19ClN2O2S. The predicted molar refractivity (Wildman–Crippen MR) is 94.5 cm³/mol. The second-order valence-electron chi connectivity index (χ2n) is 5.58. The van der Waals surface area contributed by atoms with Crippen molar-refractivity contribution >= 4 is 34.5 Å². The number of ether oxygens (including phenoxy) is 1. The van der Waals surface area contributed by atoms with E-state index < -0.39 is 0 Å². The van der Waals surface area contributed by atoms with Gasteiger partial charge in [-0.2, -0.15) is 11.3 Å². The Hall–Kier alpha value is -1.56. The average Bonchev–Trinajstić information content (AvgIpc) is 3.18. The fraction of sp³-hybridized carbons (Fsp3) is 0.353. The lowest BCUT2D eigenvalue weighted by molar-refractivity contribution is -0.117. The first-order chi connectivity index (χ1) is 11.2. The quantitative estimate of drug-likeness (QED) is 0.879. The first kappa shape index (κ1) is 16.3. The summed E-state index contributed by atoms with van der Waals surface area (Å²) in [6.45, 7) is 1.35. The van der Waals surface area contributed by atoms with Crippen molar-refractivity contribution in [2.75, 3.05) is 25.5 Å². The van der Waals surface area contributed by atoms with Crippen LogP contribution in [0.3, 0.4) is 0 Å². The molecule has 3 rings (SSSR count). The van der Waals surface area contributed by atoms with Gasteiger partial charge in [-0.25, -0.2) is 0 Å². The molecule has 0 saturated carbocycles. The van der Waals surface area contributed by atoms with Crippen molar-refractivity contribution in [3.63, 3.8) is 0 Å². The number of likely N-dealkylation sites (tertiary alicyclic amines) is 1. The Labute approximate surface area is 145 Å². The number of hydrogen-bond donors (Lipinski definition) is 1. The second-order valence-corrected chi connectivity index (χ2v) is 6.77. The van der Waals surface area contributed by atoms with Gasteiger partial charge in [-0.05, 0) is 60.0 Å². The number of methoxy groups -OCH3 is 1. The minimum absolute atomic E-state index is 0.0200. The lowest BCUT2D eigenvalue weighted by atomic mass is 10.1. The maximum atomic E-state index is 12.3. The molecule has 4 nitrogen and oxygen atoms in total. The zero-order chi connectivity index (χ0) is 16.2. The molecule has 1 aromatic heterocycles. The minimum Gasteiger partial charge on any atom is -0.495 e. The Kier molecular flexibility index (Phi) is 5.20. The van der Waals surface area contributed by atoms with Gasteiger partial charge in [0.2, 0.25) is 5.91 Å². The van der Waals surface area contributed by atoms with E-state index in [1.165, 1.54) is 5.56 Å². The van der Waals surface area contributed by atoms with Crippen LogP contribution in [-0.4, -0.2) is 31.0 Å². The Balaban J connectivity index is 1.62. The van der Waals surface area contributed by atoms with Crippen molar-refractivity contribution in [1.82, 2.24) is 4.90 Å². The van der Waals surface area contributed by atoms with Gasteiger partial charge in [0, 0.05) is 11.7 Å². The summed E-state index contributed by atoms with van der Waals surface area (Å²) in [4.78, 5) is 14.6. The molecule has 0 radical (unpaired) electrons. The molecule has 1 aliphatic heterocycles. The summed E-state index contributed by atoms with van der Waals surface area (Å²) in [5.74, 6) is 0.579. The monoisotopic (exact) mass is 350 g/mol. The van der Waals surface area contributed by atoms with Crippen LogP contribution >= 0.6 is 22.9 Å². The predicted octanol–water partition coefficient (Wildman–Crippen LogP) is 4.19. The van der Waals surface area contributed by atoms with E-state index in [-0.39, 0.29) is 5.91 Å². The van der Waals surface area contributed by atoms with Gasteiger partial charge in [0.1, 0.15) is 5.75 Å². The molecule has 6 heteroatoms. The number of nitrogens with zero attached hydrogens (tertiary/aromatic N) is 1. The number of thiophene rings is 1. The van der Waals surface area contributed by atoms with E-state index >= 15 is 0 Å². The Morgan fingerprint density at radius 2 is 2.35 bits per heavy atom. The summed E-state index contributed by atoms with van der Waals surface area (Å²) in [5.41, 5.74) is 2.00. The number of amides is 1. The number of benzene rings is 1. The summed E-state index contributed by atoms with van der Waals surface area (Å²) < 4.78 is 5.12. The maximum absolute atomic E-state index is 12.3. The molecule has 1 unspecified atom stereocenters. The van der Waals surface area contributed by atoms with Crippen LogP contribution in [-0.2, 0) is 4.79 Å². The summed E-state index contributed by atoms with van der Waals surface area (Å²) >= 11 is 7.79. The zero-order valence-electron chi connectivity index (χ0n) is 12.9. The van der Waals surface area contributed by atoms with Crippen molar-refractivity contribution in [3.05, 3.63) is 45.6 Å². The molecule has 0 aliphatic carbocycles. The van der Waals surface area contributed by atoms with Crippen molar-refractivity contribution in [2.24, 2.45) is 0 Å². The third-order valence-corrected chi connectivity index (χ3v) is 5.07. The summed E-state index contributed by atoms with van der Waals surface area (Å²) in [6.07, 6.45) is 2.24. The second kappa shape index (κ2) is 7.34. The van der Waals surface area contributed by atoms with Crippen LogP contribution in [0.2, 0.25) is 5.02 Å². The number of nitrogens with one attached hydrogen (secondary N) is 1. The molecule has 23 heavy (non-hydrogen) atoms. The van der Waals surface area contributed by atoms with Crippen LogP contribution in [0.15, 0.2) is 35.0 Å². The van der Waals surface area contributed by atoms with Crippen LogP contribution in [0.1, 0.15) is 24.4 Å². The van der Waals surface area contributed by atoms with E-state index in [1.807, 2.05) is 0 Å². The van der Waals surface area contributed by atoms with Crippen LogP contribution in [0.25, 0.3) is 0 Å². The summed E-state index contributed by atoms with van der Waals surface area (Å²) in [7, 11) is 1.57.